The van der Waals surface area contributed by atoms with Crippen molar-refractivity contribution in [1.29, 1.82) is 0 Å². The number of hydrogen-bond acceptors (Lipinski definition) is 3. The Morgan fingerprint density at radius 3 is 2.59 bits per heavy atom. The van der Waals surface area contributed by atoms with Gasteiger partial charge in [-0.25, -0.2) is 0 Å². The normalized spacial score (nSPS) is 26.8. The number of nitrogens with zero attached hydrogens (tertiary/aromatic N) is 1. The van der Waals surface area contributed by atoms with Crippen LogP contribution in [0.1, 0.15) is 35.7 Å². The number of rotatable bonds is 3. The van der Waals surface area contributed by atoms with Crippen LogP contribution in [0.5, 0.6) is 0 Å². The van der Waals surface area contributed by atoms with E-state index in [4.69, 9.17) is 5.73 Å². The summed E-state index contributed by atoms with van der Waals surface area (Å²) in [5.41, 5.74) is 7.83. The van der Waals surface area contributed by atoms with Gasteiger partial charge in [-0.15, -0.1) is 0 Å². The predicted octanol–water partition coefficient (Wildman–Crippen LogP) is 1.13. The fraction of sp³-hybridized carbons (Fsp3) is 0.529. The lowest BCUT2D eigenvalue weighted by molar-refractivity contribution is -0.119. The molecular formula is C17H23N3O2. The zero-order valence-corrected chi connectivity index (χ0v) is 12.9. The number of nitrogens with two attached hydrogens (primary N) is 1. The molecule has 0 bridgehead atoms. The molecule has 1 aliphatic heterocycles. The van der Waals surface area contributed by atoms with Gasteiger partial charge in [-0.1, -0.05) is 12.1 Å². The second kappa shape index (κ2) is 6.08. The smallest absolute Gasteiger partial charge is 0.253 e. The first kappa shape index (κ1) is 15.0. The summed E-state index contributed by atoms with van der Waals surface area (Å²) in [5.74, 6) is 1.09. The van der Waals surface area contributed by atoms with Crippen LogP contribution in [0.3, 0.4) is 0 Å². The standard InChI is InChI=1S/C17H23N3O2/c1-11(21)19-8-12-2-4-13(5-3-12)17(22)20-9-14-6-7-16(18)15(14)10-20/h2-5,14-16H,6-10,18H2,1H3,(H,19,21). The quantitative estimate of drug-likeness (QED) is 0.879. The van der Waals surface area contributed by atoms with Crippen LogP contribution in [0.4, 0.5) is 0 Å². The van der Waals surface area contributed by atoms with Crippen molar-refractivity contribution in [3.8, 4) is 0 Å². The van der Waals surface area contributed by atoms with Crippen molar-refractivity contribution < 1.29 is 9.59 Å². The largest absolute Gasteiger partial charge is 0.352 e. The molecule has 2 amide bonds. The van der Waals surface area contributed by atoms with E-state index >= 15 is 0 Å². The van der Waals surface area contributed by atoms with E-state index in [-0.39, 0.29) is 17.9 Å². The lowest BCUT2D eigenvalue weighted by Gasteiger charge is -2.19. The molecule has 0 radical (unpaired) electrons. The number of likely N-dealkylation sites (tertiary alicyclic amines) is 1. The summed E-state index contributed by atoms with van der Waals surface area (Å²) in [6, 6.07) is 7.72. The van der Waals surface area contributed by atoms with Crippen molar-refractivity contribution in [2.75, 3.05) is 13.1 Å². The number of fused-ring (bicyclic) bond motifs is 1. The Labute approximate surface area is 130 Å². The highest BCUT2D eigenvalue weighted by molar-refractivity contribution is 5.94. The van der Waals surface area contributed by atoms with Gasteiger partial charge in [0.05, 0.1) is 0 Å². The van der Waals surface area contributed by atoms with Crippen LogP contribution in [-0.4, -0.2) is 35.8 Å². The van der Waals surface area contributed by atoms with E-state index in [2.05, 4.69) is 5.32 Å². The zero-order chi connectivity index (χ0) is 15.7. The van der Waals surface area contributed by atoms with Crippen LogP contribution in [0, 0.1) is 11.8 Å². The van der Waals surface area contributed by atoms with Gasteiger partial charge in [-0.05, 0) is 42.4 Å². The van der Waals surface area contributed by atoms with Gasteiger partial charge in [-0.3, -0.25) is 9.59 Å². The molecule has 22 heavy (non-hydrogen) atoms. The second-order valence-corrected chi connectivity index (χ2v) is 6.48. The zero-order valence-electron chi connectivity index (χ0n) is 12.9. The van der Waals surface area contributed by atoms with Gasteiger partial charge in [0.15, 0.2) is 0 Å². The Morgan fingerprint density at radius 2 is 1.95 bits per heavy atom. The first-order valence-corrected chi connectivity index (χ1v) is 7.93. The van der Waals surface area contributed by atoms with Gasteiger partial charge in [0.1, 0.15) is 0 Å². The summed E-state index contributed by atoms with van der Waals surface area (Å²) in [6.45, 7) is 3.61. The molecule has 0 aromatic heterocycles. The van der Waals surface area contributed by atoms with Gasteiger partial charge in [0, 0.05) is 38.2 Å². The molecule has 3 unspecified atom stereocenters. The lowest BCUT2D eigenvalue weighted by Crippen LogP contribution is -2.33. The molecule has 3 rings (SSSR count). The van der Waals surface area contributed by atoms with Crippen molar-refractivity contribution in [2.45, 2.75) is 32.4 Å². The fourth-order valence-electron chi connectivity index (χ4n) is 3.65. The topological polar surface area (TPSA) is 75.4 Å². The summed E-state index contributed by atoms with van der Waals surface area (Å²) in [6.07, 6.45) is 2.24. The minimum atomic E-state index is -0.0555. The maximum atomic E-state index is 12.6. The lowest BCUT2D eigenvalue weighted by atomic mass is 9.98. The maximum absolute atomic E-state index is 12.6. The number of carbonyl (C=O) groups is 2. The molecule has 1 saturated heterocycles. The highest BCUT2D eigenvalue weighted by Gasteiger charge is 2.42. The van der Waals surface area contributed by atoms with Gasteiger partial charge in [0.2, 0.25) is 5.91 Å². The Balaban J connectivity index is 1.62. The SMILES string of the molecule is CC(=O)NCc1ccc(C(=O)N2CC3CCC(N)C3C2)cc1. The molecular weight excluding hydrogens is 278 g/mol. The summed E-state index contributed by atoms with van der Waals surface area (Å²) in [7, 11) is 0. The number of hydrogen-bond donors (Lipinski definition) is 2. The molecule has 118 valence electrons. The Bertz CT molecular complexity index is 570. The van der Waals surface area contributed by atoms with Crippen molar-refractivity contribution in [1.82, 2.24) is 10.2 Å². The highest BCUT2D eigenvalue weighted by atomic mass is 16.2. The van der Waals surface area contributed by atoms with Gasteiger partial charge in [-0.2, -0.15) is 0 Å². The first-order chi connectivity index (χ1) is 10.5. The summed E-state index contributed by atoms with van der Waals surface area (Å²) in [5, 5.41) is 2.75. The molecule has 2 fully saturated rings. The van der Waals surface area contributed by atoms with E-state index in [1.165, 1.54) is 6.92 Å². The van der Waals surface area contributed by atoms with Crippen LogP contribution in [0.25, 0.3) is 0 Å². The third-order valence-electron chi connectivity index (χ3n) is 4.94. The maximum Gasteiger partial charge on any atom is 0.253 e. The number of carbonyl (C=O) groups excluding carboxylic acids is 2. The number of amides is 2. The Kier molecular flexibility index (Phi) is 4.16. The molecule has 0 spiro atoms. The van der Waals surface area contributed by atoms with Crippen molar-refractivity contribution in [3.63, 3.8) is 0 Å². The van der Waals surface area contributed by atoms with Gasteiger partial charge >= 0.3 is 0 Å². The third-order valence-corrected chi connectivity index (χ3v) is 4.94. The van der Waals surface area contributed by atoms with Crippen molar-refractivity contribution >= 4 is 11.8 Å². The van der Waals surface area contributed by atoms with Crippen LogP contribution in [0.2, 0.25) is 0 Å². The molecule has 1 aromatic rings. The van der Waals surface area contributed by atoms with Gasteiger partial charge < -0.3 is 16.0 Å². The van der Waals surface area contributed by atoms with Crippen molar-refractivity contribution in [3.05, 3.63) is 35.4 Å². The second-order valence-electron chi connectivity index (χ2n) is 6.48. The first-order valence-electron chi connectivity index (χ1n) is 7.93. The minimum Gasteiger partial charge on any atom is -0.352 e. The Hall–Kier alpha value is -1.88. The Morgan fingerprint density at radius 1 is 1.23 bits per heavy atom. The number of benzene rings is 1. The van der Waals surface area contributed by atoms with Gasteiger partial charge in [0.25, 0.3) is 5.91 Å². The fourth-order valence-corrected chi connectivity index (χ4v) is 3.65. The van der Waals surface area contributed by atoms with Crippen LogP contribution in [-0.2, 0) is 11.3 Å². The monoisotopic (exact) mass is 301 g/mol. The minimum absolute atomic E-state index is 0.0555. The number of nitrogens with one attached hydrogen (secondary N) is 1. The average Bonchev–Trinajstić information content (AvgIpc) is 3.07. The molecule has 2 aliphatic rings. The molecule has 5 heteroatoms. The molecule has 1 heterocycles. The van der Waals surface area contributed by atoms with E-state index in [1.807, 2.05) is 29.2 Å². The highest BCUT2D eigenvalue weighted by Crippen LogP contribution is 2.37. The summed E-state index contributed by atoms with van der Waals surface area (Å²) in [4.78, 5) is 25.4. The molecule has 1 saturated carbocycles. The molecule has 1 aromatic carbocycles. The molecule has 3 N–H and O–H groups in total. The molecule has 1 aliphatic carbocycles. The average molecular weight is 301 g/mol. The van der Waals surface area contributed by atoms with Crippen LogP contribution in [0.15, 0.2) is 24.3 Å². The van der Waals surface area contributed by atoms with E-state index in [1.54, 1.807) is 0 Å². The van der Waals surface area contributed by atoms with E-state index < -0.39 is 0 Å². The van der Waals surface area contributed by atoms with E-state index in [0.29, 0.717) is 23.9 Å². The summed E-state index contributed by atoms with van der Waals surface area (Å²) < 4.78 is 0. The van der Waals surface area contributed by atoms with E-state index in [9.17, 15) is 9.59 Å². The third kappa shape index (κ3) is 2.99. The molecule has 5 nitrogen and oxygen atoms in total. The summed E-state index contributed by atoms with van der Waals surface area (Å²) >= 11 is 0. The van der Waals surface area contributed by atoms with Crippen LogP contribution >= 0.6 is 0 Å². The van der Waals surface area contributed by atoms with Crippen LogP contribution < -0.4 is 11.1 Å². The molecule has 3 atom stereocenters. The van der Waals surface area contributed by atoms with E-state index in [0.717, 1.165) is 31.5 Å². The predicted molar refractivity (Wildman–Crippen MR) is 84.1 cm³/mol. The van der Waals surface area contributed by atoms with Crippen molar-refractivity contribution in [2.24, 2.45) is 17.6 Å².